The highest BCUT2D eigenvalue weighted by molar-refractivity contribution is 14.0. The first-order chi connectivity index (χ1) is 10.7. The number of carbonyl (C=O) groups is 1. The molecule has 0 bridgehead atoms. The van der Waals surface area contributed by atoms with Crippen LogP contribution in [0.4, 0.5) is 0 Å². The number of rotatable bonds is 6. The summed E-state index contributed by atoms with van der Waals surface area (Å²) in [4.78, 5) is 16.1. The Morgan fingerprint density at radius 1 is 1.39 bits per heavy atom. The zero-order valence-electron chi connectivity index (χ0n) is 13.6. The van der Waals surface area contributed by atoms with Crippen LogP contribution in [0.15, 0.2) is 21.7 Å². The fourth-order valence-electron chi connectivity index (χ4n) is 2.67. The van der Waals surface area contributed by atoms with E-state index in [0.29, 0.717) is 30.9 Å². The Morgan fingerprint density at radius 3 is 2.78 bits per heavy atom. The van der Waals surface area contributed by atoms with Gasteiger partial charge >= 0.3 is 0 Å². The molecular weight excluding hydrogens is 407 g/mol. The van der Waals surface area contributed by atoms with Crippen LogP contribution in [0.5, 0.6) is 0 Å². The lowest BCUT2D eigenvalue weighted by Gasteiger charge is -2.23. The molecule has 0 aromatic carbocycles. The molecular formula is C16H27IN4O2. The number of halogens is 1. The molecule has 1 heterocycles. The highest BCUT2D eigenvalue weighted by Crippen LogP contribution is 2.16. The van der Waals surface area contributed by atoms with E-state index in [1.807, 2.05) is 6.92 Å². The lowest BCUT2D eigenvalue weighted by atomic mass is 9.96. The minimum absolute atomic E-state index is 0. The van der Waals surface area contributed by atoms with E-state index in [9.17, 15) is 4.79 Å². The molecule has 0 atom stereocenters. The highest BCUT2D eigenvalue weighted by Gasteiger charge is 2.13. The molecule has 130 valence electrons. The van der Waals surface area contributed by atoms with Crippen molar-refractivity contribution >= 4 is 35.8 Å². The first-order valence-corrected chi connectivity index (χ1v) is 8.05. The van der Waals surface area contributed by atoms with Crippen molar-refractivity contribution in [2.45, 2.75) is 51.5 Å². The number of hydrogen-bond donors (Lipinski definition) is 3. The third-order valence-electron chi connectivity index (χ3n) is 3.93. The number of hydrogen-bond acceptors (Lipinski definition) is 3. The van der Waals surface area contributed by atoms with E-state index in [-0.39, 0.29) is 29.9 Å². The smallest absolute Gasteiger partial charge is 0.287 e. The molecule has 7 heteroatoms. The second-order valence-corrected chi connectivity index (χ2v) is 5.79. The van der Waals surface area contributed by atoms with Gasteiger partial charge in [-0.15, -0.1) is 24.0 Å². The molecule has 0 aliphatic heterocycles. The van der Waals surface area contributed by atoms with Crippen molar-refractivity contribution in [3.8, 4) is 0 Å². The standard InChI is InChI=1S/C16H26N4O2.HI/c1-12-8-11-22-14(12)15(21)18-9-5-10-19-16(17)20-13-6-3-2-4-7-13;/h8,11,13H,2-7,9-10H2,1H3,(H,18,21)(H3,17,19,20);1H. The zero-order valence-corrected chi connectivity index (χ0v) is 16.0. The summed E-state index contributed by atoms with van der Waals surface area (Å²) in [5, 5.41) is 6.09. The normalized spacial score (nSPS) is 15.8. The minimum Gasteiger partial charge on any atom is -0.459 e. The average molecular weight is 434 g/mol. The van der Waals surface area contributed by atoms with E-state index in [1.54, 1.807) is 6.07 Å². The van der Waals surface area contributed by atoms with Gasteiger partial charge in [0.2, 0.25) is 0 Å². The second kappa shape index (κ2) is 10.5. The van der Waals surface area contributed by atoms with E-state index < -0.39 is 0 Å². The van der Waals surface area contributed by atoms with Gasteiger partial charge in [-0.2, -0.15) is 0 Å². The number of aliphatic imine (C=N–C) groups is 1. The number of nitrogens with one attached hydrogen (secondary N) is 2. The van der Waals surface area contributed by atoms with Gasteiger partial charge in [0.05, 0.1) is 6.26 Å². The Bertz CT molecular complexity index is 510. The Kier molecular flexibility index (Phi) is 9.05. The molecule has 1 aliphatic rings. The van der Waals surface area contributed by atoms with Crippen LogP contribution in [0.3, 0.4) is 0 Å². The Morgan fingerprint density at radius 2 is 2.13 bits per heavy atom. The van der Waals surface area contributed by atoms with E-state index in [1.165, 1.54) is 38.4 Å². The number of furan rings is 1. The summed E-state index contributed by atoms with van der Waals surface area (Å²) in [7, 11) is 0. The van der Waals surface area contributed by atoms with Crippen LogP contribution in [-0.4, -0.2) is 31.0 Å². The van der Waals surface area contributed by atoms with Gasteiger partial charge in [-0.25, -0.2) is 0 Å². The van der Waals surface area contributed by atoms with E-state index in [0.717, 1.165) is 12.0 Å². The van der Waals surface area contributed by atoms with Gasteiger partial charge < -0.3 is 20.8 Å². The van der Waals surface area contributed by atoms with Gasteiger partial charge in [0.25, 0.3) is 5.91 Å². The number of nitrogens with zero attached hydrogens (tertiary/aromatic N) is 1. The monoisotopic (exact) mass is 434 g/mol. The zero-order chi connectivity index (χ0) is 15.8. The maximum atomic E-state index is 11.8. The molecule has 0 spiro atoms. The molecule has 0 radical (unpaired) electrons. The molecule has 23 heavy (non-hydrogen) atoms. The van der Waals surface area contributed by atoms with Gasteiger partial charge in [0.1, 0.15) is 0 Å². The van der Waals surface area contributed by atoms with Crippen molar-refractivity contribution in [1.82, 2.24) is 10.6 Å². The van der Waals surface area contributed by atoms with Crippen LogP contribution in [-0.2, 0) is 0 Å². The molecule has 1 aliphatic carbocycles. The molecule has 0 unspecified atom stereocenters. The van der Waals surface area contributed by atoms with Crippen LogP contribution in [0, 0.1) is 6.92 Å². The quantitative estimate of drug-likeness (QED) is 0.278. The molecule has 1 amide bonds. The van der Waals surface area contributed by atoms with Gasteiger partial charge in [-0.3, -0.25) is 9.79 Å². The number of aryl methyl sites for hydroxylation is 1. The predicted molar refractivity (Wildman–Crippen MR) is 102 cm³/mol. The van der Waals surface area contributed by atoms with Crippen LogP contribution >= 0.6 is 24.0 Å². The van der Waals surface area contributed by atoms with Crippen molar-refractivity contribution in [3.05, 3.63) is 23.7 Å². The molecule has 1 aromatic heterocycles. The lowest BCUT2D eigenvalue weighted by molar-refractivity contribution is 0.0925. The molecule has 1 aromatic rings. The van der Waals surface area contributed by atoms with Crippen LogP contribution in [0.2, 0.25) is 0 Å². The summed E-state index contributed by atoms with van der Waals surface area (Å²) in [5.74, 6) is 0.710. The molecule has 4 N–H and O–H groups in total. The number of carbonyl (C=O) groups excluding carboxylic acids is 1. The number of amides is 1. The fourth-order valence-corrected chi connectivity index (χ4v) is 2.67. The molecule has 0 saturated heterocycles. The molecule has 6 nitrogen and oxygen atoms in total. The molecule has 2 rings (SSSR count). The first kappa shape index (κ1) is 19.8. The largest absolute Gasteiger partial charge is 0.459 e. The average Bonchev–Trinajstić information content (AvgIpc) is 2.94. The third kappa shape index (κ3) is 6.80. The first-order valence-electron chi connectivity index (χ1n) is 8.05. The number of nitrogens with two attached hydrogens (primary N) is 1. The maximum Gasteiger partial charge on any atom is 0.287 e. The summed E-state index contributed by atoms with van der Waals surface area (Å²) < 4.78 is 5.14. The summed E-state index contributed by atoms with van der Waals surface area (Å²) in [6, 6.07) is 2.25. The summed E-state index contributed by atoms with van der Waals surface area (Å²) in [6.07, 6.45) is 8.48. The summed E-state index contributed by atoms with van der Waals surface area (Å²) in [5.41, 5.74) is 6.72. The van der Waals surface area contributed by atoms with Crippen LogP contribution in [0.1, 0.15) is 54.6 Å². The van der Waals surface area contributed by atoms with E-state index in [4.69, 9.17) is 10.2 Å². The van der Waals surface area contributed by atoms with Crippen molar-refractivity contribution in [2.24, 2.45) is 10.7 Å². The second-order valence-electron chi connectivity index (χ2n) is 5.79. The third-order valence-corrected chi connectivity index (χ3v) is 3.93. The Labute approximate surface area is 154 Å². The lowest BCUT2D eigenvalue weighted by Crippen LogP contribution is -2.41. The fraction of sp³-hybridized carbons (Fsp3) is 0.625. The van der Waals surface area contributed by atoms with E-state index >= 15 is 0 Å². The van der Waals surface area contributed by atoms with Gasteiger partial charge in [0.15, 0.2) is 11.7 Å². The molecule has 1 fully saturated rings. The van der Waals surface area contributed by atoms with Crippen molar-refractivity contribution < 1.29 is 9.21 Å². The van der Waals surface area contributed by atoms with Crippen molar-refractivity contribution in [3.63, 3.8) is 0 Å². The van der Waals surface area contributed by atoms with Gasteiger partial charge in [-0.1, -0.05) is 19.3 Å². The van der Waals surface area contributed by atoms with E-state index in [2.05, 4.69) is 15.6 Å². The highest BCUT2D eigenvalue weighted by atomic mass is 127. The molecule has 1 saturated carbocycles. The van der Waals surface area contributed by atoms with Crippen LogP contribution < -0.4 is 16.4 Å². The topological polar surface area (TPSA) is 92.7 Å². The van der Waals surface area contributed by atoms with Gasteiger partial charge in [0, 0.05) is 24.7 Å². The van der Waals surface area contributed by atoms with Crippen molar-refractivity contribution in [2.75, 3.05) is 13.1 Å². The Hall–Kier alpha value is -1.25. The minimum atomic E-state index is -0.181. The SMILES string of the molecule is Cc1ccoc1C(=O)NCCCN=C(N)NC1CCCCC1.I. The summed E-state index contributed by atoms with van der Waals surface area (Å²) in [6.45, 7) is 3.00. The van der Waals surface area contributed by atoms with Gasteiger partial charge in [-0.05, 0) is 32.3 Å². The van der Waals surface area contributed by atoms with Crippen LogP contribution in [0.25, 0.3) is 0 Å². The maximum absolute atomic E-state index is 11.8. The number of guanidine groups is 1. The van der Waals surface area contributed by atoms with Crippen molar-refractivity contribution in [1.29, 1.82) is 0 Å². The summed E-state index contributed by atoms with van der Waals surface area (Å²) >= 11 is 0. The predicted octanol–water partition coefficient (Wildman–Crippen LogP) is 2.56. The Balaban J connectivity index is 0.00000264.